The van der Waals surface area contributed by atoms with E-state index in [2.05, 4.69) is 0 Å². The number of nitrogens with zero attached hydrogens (tertiary/aromatic N) is 2. The molecule has 2 fully saturated rings. The highest BCUT2D eigenvalue weighted by molar-refractivity contribution is 5.99. The quantitative estimate of drug-likeness (QED) is 0.507. The predicted molar refractivity (Wildman–Crippen MR) is 121 cm³/mol. The van der Waals surface area contributed by atoms with Gasteiger partial charge in [0, 0.05) is 12.1 Å². The number of ether oxygens (including phenoxy) is 2. The molecule has 2 amide bonds. The van der Waals surface area contributed by atoms with Crippen LogP contribution in [0.4, 0.5) is 0 Å². The molecular formula is C25H36N2O6. The highest BCUT2D eigenvalue weighted by Gasteiger charge is 2.75. The highest BCUT2D eigenvalue weighted by atomic mass is 16.6. The molecular weight excluding hydrogens is 424 g/mol. The number of likely N-dealkylation sites (tertiary alicyclic amines) is 1. The van der Waals surface area contributed by atoms with Crippen LogP contribution < -0.4 is 0 Å². The second-order valence-electron chi connectivity index (χ2n) is 10.9. The first-order valence-corrected chi connectivity index (χ1v) is 11.9. The molecule has 182 valence electrons. The fourth-order valence-corrected chi connectivity index (χ4v) is 6.07. The smallest absolute Gasteiger partial charge is 0.313 e. The second kappa shape index (κ2) is 7.94. The van der Waals surface area contributed by atoms with E-state index in [1.807, 2.05) is 46.8 Å². The third kappa shape index (κ3) is 3.36. The second-order valence-corrected chi connectivity index (χ2v) is 10.9. The van der Waals surface area contributed by atoms with Crippen molar-refractivity contribution in [2.75, 3.05) is 19.8 Å². The molecule has 4 rings (SSSR count). The van der Waals surface area contributed by atoms with Crippen molar-refractivity contribution < 1.29 is 29.0 Å². The standard InChI is InChI=1S/C25H36N2O6/c1-7-15(2)16(14-28)27-19-21(30)26(23(3,4)5)12-8-11-25(19)17(20(27)29)18-22(31)32-13-9-10-24(18,6)33-25/h8-11,15-19,28H,7,12-14H2,1-6H3/t15-,16-,17-,18+,19?,24-,25-/m0/s1. The van der Waals surface area contributed by atoms with Crippen molar-refractivity contribution in [3.05, 3.63) is 24.3 Å². The van der Waals surface area contributed by atoms with Gasteiger partial charge in [0.1, 0.15) is 24.2 Å². The maximum Gasteiger partial charge on any atom is 0.313 e. The Hall–Kier alpha value is -2.19. The van der Waals surface area contributed by atoms with Crippen LogP contribution in [-0.2, 0) is 23.9 Å². The molecule has 0 radical (unpaired) electrons. The molecule has 8 heteroatoms. The van der Waals surface area contributed by atoms with Gasteiger partial charge in [-0.15, -0.1) is 0 Å². The zero-order chi connectivity index (χ0) is 24.3. The Balaban J connectivity index is 1.93. The molecule has 0 saturated carbocycles. The van der Waals surface area contributed by atoms with Crippen LogP contribution in [-0.4, -0.2) is 81.3 Å². The van der Waals surface area contributed by atoms with E-state index in [0.29, 0.717) is 6.54 Å². The van der Waals surface area contributed by atoms with Gasteiger partial charge in [0.2, 0.25) is 11.8 Å². The van der Waals surface area contributed by atoms with Crippen molar-refractivity contribution in [2.24, 2.45) is 17.8 Å². The average molecular weight is 461 g/mol. The number of carbonyl (C=O) groups is 3. The van der Waals surface area contributed by atoms with Gasteiger partial charge in [-0.3, -0.25) is 14.4 Å². The fraction of sp³-hybridized carbons (Fsp3) is 0.720. The third-order valence-corrected chi connectivity index (χ3v) is 7.91. The Morgan fingerprint density at radius 3 is 2.45 bits per heavy atom. The highest BCUT2D eigenvalue weighted by Crippen LogP contribution is 2.58. The number of esters is 1. The zero-order valence-corrected chi connectivity index (χ0v) is 20.4. The predicted octanol–water partition coefficient (Wildman–Crippen LogP) is 1.67. The Labute approximate surface area is 195 Å². The van der Waals surface area contributed by atoms with E-state index in [1.165, 1.54) is 4.90 Å². The van der Waals surface area contributed by atoms with Gasteiger partial charge in [-0.25, -0.2) is 0 Å². The van der Waals surface area contributed by atoms with Crippen molar-refractivity contribution in [3.63, 3.8) is 0 Å². The number of amides is 2. The topological polar surface area (TPSA) is 96.4 Å². The third-order valence-electron chi connectivity index (χ3n) is 7.91. The number of aliphatic hydroxyl groups excluding tert-OH is 1. The van der Waals surface area contributed by atoms with Gasteiger partial charge in [-0.1, -0.05) is 38.5 Å². The van der Waals surface area contributed by atoms with Crippen LogP contribution in [0.15, 0.2) is 24.3 Å². The molecule has 0 aliphatic carbocycles. The Kier molecular flexibility index (Phi) is 5.77. The molecule has 1 N–H and O–H groups in total. The monoisotopic (exact) mass is 460 g/mol. The Morgan fingerprint density at radius 1 is 1.15 bits per heavy atom. The van der Waals surface area contributed by atoms with E-state index < -0.39 is 46.6 Å². The van der Waals surface area contributed by atoms with Crippen molar-refractivity contribution >= 4 is 17.8 Å². The molecule has 8 nitrogen and oxygen atoms in total. The lowest BCUT2D eigenvalue weighted by molar-refractivity contribution is -0.162. The number of aliphatic hydroxyl groups is 1. The van der Waals surface area contributed by atoms with E-state index >= 15 is 0 Å². The van der Waals surface area contributed by atoms with E-state index in [1.54, 1.807) is 24.0 Å². The molecule has 0 aromatic heterocycles. The summed E-state index contributed by atoms with van der Waals surface area (Å²) in [6.45, 7) is 11.8. The summed E-state index contributed by atoms with van der Waals surface area (Å²) in [5, 5.41) is 10.3. The molecule has 0 aromatic rings. The molecule has 4 aliphatic rings. The summed E-state index contributed by atoms with van der Waals surface area (Å²) in [5.74, 6) is -2.92. The van der Waals surface area contributed by atoms with Gasteiger partial charge in [-0.05, 0) is 39.7 Å². The lowest BCUT2D eigenvalue weighted by atomic mass is 9.74. The SMILES string of the molecule is CC[C@H](C)[C@H](CO)N1C(=O)[C@@H]2[C@@H]3C(=O)OCC=C[C@]3(C)O[C@@]23C=CCN(C(C)(C)C)C(=O)C13. The number of fused-ring (bicyclic) bond motifs is 2. The van der Waals surface area contributed by atoms with Gasteiger partial charge < -0.3 is 24.4 Å². The maximum absolute atomic E-state index is 14.2. The molecule has 7 atom stereocenters. The van der Waals surface area contributed by atoms with Crippen LogP contribution in [0.2, 0.25) is 0 Å². The minimum absolute atomic E-state index is 0.0506. The van der Waals surface area contributed by atoms with Crippen LogP contribution >= 0.6 is 0 Å². The van der Waals surface area contributed by atoms with Crippen molar-refractivity contribution in [3.8, 4) is 0 Å². The van der Waals surface area contributed by atoms with E-state index in [9.17, 15) is 19.5 Å². The van der Waals surface area contributed by atoms with Crippen LogP contribution in [0.1, 0.15) is 48.0 Å². The molecule has 33 heavy (non-hydrogen) atoms. The van der Waals surface area contributed by atoms with Gasteiger partial charge in [0.05, 0.1) is 24.2 Å². The average Bonchev–Trinajstić information content (AvgIpc) is 2.98. The molecule has 1 unspecified atom stereocenters. The van der Waals surface area contributed by atoms with E-state index in [-0.39, 0.29) is 30.9 Å². The lowest BCUT2D eigenvalue weighted by Crippen LogP contribution is -2.62. The largest absolute Gasteiger partial charge is 0.461 e. The minimum atomic E-state index is -1.32. The molecule has 0 bridgehead atoms. The number of carbonyl (C=O) groups excluding carboxylic acids is 3. The molecule has 0 aromatic carbocycles. The normalized spacial score (nSPS) is 37.8. The number of hydrogen-bond acceptors (Lipinski definition) is 6. The van der Waals surface area contributed by atoms with E-state index in [0.717, 1.165) is 6.42 Å². The molecule has 4 aliphatic heterocycles. The van der Waals surface area contributed by atoms with Gasteiger partial charge in [0.15, 0.2) is 0 Å². The number of rotatable bonds is 4. The van der Waals surface area contributed by atoms with Crippen LogP contribution in [0.3, 0.4) is 0 Å². The van der Waals surface area contributed by atoms with Gasteiger partial charge in [0.25, 0.3) is 0 Å². The molecule has 4 heterocycles. The first kappa shape index (κ1) is 24.0. The first-order chi connectivity index (χ1) is 15.4. The van der Waals surface area contributed by atoms with Crippen LogP contribution in [0, 0.1) is 17.8 Å². The Bertz CT molecular complexity index is 907. The van der Waals surface area contributed by atoms with Crippen LogP contribution in [0.25, 0.3) is 0 Å². The maximum atomic E-state index is 14.2. The van der Waals surface area contributed by atoms with E-state index in [4.69, 9.17) is 9.47 Å². The summed E-state index contributed by atoms with van der Waals surface area (Å²) in [4.78, 5) is 44.7. The summed E-state index contributed by atoms with van der Waals surface area (Å²) in [5.41, 5.74) is -2.89. The summed E-state index contributed by atoms with van der Waals surface area (Å²) in [7, 11) is 0. The fourth-order valence-electron chi connectivity index (χ4n) is 6.07. The van der Waals surface area contributed by atoms with Crippen molar-refractivity contribution in [1.29, 1.82) is 0 Å². The van der Waals surface area contributed by atoms with Crippen molar-refractivity contribution in [2.45, 2.75) is 76.8 Å². The summed E-state index contributed by atoms with van der Waals surface area (Å²) < 4.78 is 12.1. The Morgan fingerprint density at radius 2 is 1.85 bits per heavy atom. The summed E-state index contributed by atoms with van der Waals surface area (Å²) in [6, 6.07) is -1.55. The van der Waals surface area contributed by atoms with Gasteiger partial charge in [-0.2, -0.15) is 0 Å². The van der Waals surface area contributed by atoms with Crippen LogP contribution in [0.5, 0.6) is 0 Å². The molecule has 2 saturated heterocycles. The summed E-state index contributed by atoms with van der Waals surface area (Å²) >= 11 is 0. The minimum Gasteiger partial charge on any atom is -0.461 e. The van der Waals surface area contributed by atoms with Gasteiger partial charge >= 0.3 is 5.97 Å². The first-order valence-electron chi connectivity index (χ1n) is 11.9. The number of hydrogen-bond donors (Lipinski definition) is 1. The molecule has 1 spiro atoms. The van der Waals surface area contributed by atoms with Crippen molar-refractivity contribution in [1.82, 2.24) is 9.80 Å². The lowest BCUT2D eigenvalue weighted by Gasteiger charge is -2.43. The summed E-state index contributed by atoms with van der Waals surface area (Å²) in [6.07, 6.45) is 7.92. The zero-order valence-electron chi connectivity index (χ0n) is 20.4. The number of cyclic esters (lactones) is 1.